The lowest BCUT2D eigenvalue weighted by Crippen LogP contribution is -2.43. The minimum Gasteiger partial charge on any atom is -0.207 e. The Morgan fingerprint density at radius 1 is 1.29 bits per heavy atom. The lowest BCUT2D eigenvalue weighted by atomic mass is 10.0. The van der Waals surface area contributed by atoms with Gasteiger partial charge in [-0.3, -0.25) is 0 Å². The number of hydrogen-bond acceptors (Lipinski definition) is 2. The molecule has 0 aromatic heterocycles. The second-order valence-electron chi connectivity index (χ2n) is 4.38. The van der Waals surface area contributed by atoms with E-state index in [1.807, 2.05) is 13.8 Å². The minimum absolute atomic E-state index is 0.253. The van der Waals surface area contributed by atoms with Gasteiger partial charge in [-0.2, -0.15) is 0 Å². The normalized spacial score (nSPS) is 12.7. The topological polar surface area (TPSA) is 46.2 Å². The second kappa shape index (κ2) is 5.69. The van der Waals surface area contributed by atoms with Gasteiger partial charge in [0.25, 0.3) is 0 Å². The van der Waals surface area contributed by atoms with Gasteiger partial charge in [0.15, 0.2) is 0 Å². The van der Waals surface area contributed by atoms with Crippen LogP contribution < -0.4 is 4.72 Å². The van der Waals surface area contributed by atoms with E-state index in [0.29, 0.717) is 12.3 Å². The van der Waals surface area contributed by atoms with Crippen molar-refractivity contribution in [3.05, 3.63) is 28.7 Å². The Kier molecular flexibility index (Phi) is 5.01. The Bertz CT molecular complexity index is 471. The molecule has 0 saturated heterocycles. The number of nitrogens with one attached hydrogen (secondary N) is 1. The van der Waals surface area contributed by atoms with Gasteiger partial charge in [-0.1, -0.05) is 15.9 Å². The molecule has 0 aliphatic heterocycles. The van der Waals surface area contributed by atoms with Crippen molar-refractivity contribution in [3.63, 3.8) is 0 Å². The van der Waals surface area contributed by atoms with Crippen molar-refractivity contribution in [3.8, 4) is 0 Å². The van der Waals surface area contributed by atoms with E-state index in [1.54, 1.807) is 24.3 Å². The van der Waals surface area contributed by atoms with Gasteiger partial charge >= 0.3 is 0 Å². The predicted molar refractivity (Wildman–Crippen MR) is 73.9 cm³/mol. The Morgan fingerprint density at radius 3 is 2.29 bits per heavy atom. The fraction of sp³-hybridized carbons (Fsp3) is 0.455. The van der Waals surface area contributed by atoms with Crippen molar-refractivity contribution in [1.29, 1.82) is 0 Å². The second-order valence-corrected chi connectivity index (χ2v) is 7.36. The lowest BCUT2D eigenvalue weighted by molar-refractivity contribution is 0.441. The SMILES string of the molecule is CC(C)(CCCl)NS(=O)(=O)c1ccc(Br)cc1. The van der Waals surface area contributed by atoms with Crippen LogP contribution >= 0.6 is 27.5 Å². The maximum absolute atomic E-state index is 12.1. The van der Waals surface area contributed by atoms with Crippen molar-refractivity contribution in [2.75, 3.05) is 5.88 Å². The van der Waals surface area contributed by atoms with E-state index in [-0.39, 0.29) is 4.90 Å². The van der Waals surface area contributed by atoms with E-state index in [4.69, 9.17) is 11.6 Å². The van der Waals surface area contributed by atoms with Gasteiger partial charge < -0.3 is 0 Å². The predicted octanol–water partition coefficient (Wildman–Crippen LogP) is 3.13. The Hall–Kier alpha value is -0.100. The number of alkyl halides is 1. The molecule has 17 heavy (non-hydrogen) atoms. The van der Waals surface area contributed by atoms with Gasteiger partial charge in [0.1, 0.15) is 0 Å². The molecule has 1 rings (SSSR count). The van der Waals surface area contributed by atoms with Crippen LogP contribution in [0.3, 0.4) is 0 Å². The zero-order valence-electron chi connectivity index (χ0n) is 9.70. The molecular formula is C11H15BrClNO2S. The van der Waals surface area contributed by atoms with E-state index >= 15 is 0 Å². The summed E-state index contributed by atoms with van der Waals surface area (Å²) in [6.45, 7) is 3.62. The van der Waals surface area contributed by atoms with E-state index in [0.717, 1.165) is 4.47 Å². The molecule has 0 fully saturated rings. The minimum atomic E-state index is -3.49. The van der Waals surface area contributed by atoms with Gasteiger partial charge in [-0.25, -0.2) is 13.1 Å². The lowest BCUT2D eigenvalue weighted by Gasteiger charge is -2.24. The van der Waals surface area contributed by atoms with Crippen LogP contribution in [0.5, 0.6) is 0 Å². The highest BCUT2D eigenvalue weighted by Crippen LogP contribution is 2.18. The zero-order valence-corrected chi connectivity index (χ0v) is 12.9. The van der Waals surface area contributed by atoms with E-state index < -0.39 is 15.6 Å². The third kappa shape index (κ3) is 4.58. The zero-order chi connectivity index (χ0) is 13.1. The smallest absolute Gasteiger partial charge is 0.207 e. The summed E-state index contributed by atoms with van der Waals surface area (Å²) in [5, 5.41) is 0. The molecule has 0 spiro atoms. The number of hydrogen-bond donors (Lipinski definition) is 1. The fourth-order valence-electron chi connectivity index (χ4n) is 1.32. The first kappa shape index (κ1) is 15.0. The van der Waals surface area contributed by atoms with Crippen molar-refractivity contribution in [1.82, 2.24) is 4.72 Å². The van der Waals surface area contributed by atoms with Crippen molar-refractivity contribution in [2.45, 2.75) is 30.7 Å². The first-order valence-corrected chi connectivity index (χ1v) is 7.93. The Morgan fingerprint density at radius 2 is 1.82 bits per heavy atom. The summed E-state index contributed by atoms with van der Waals surface area (Å²) in [6, 6.07) is 6.51. The summed E-state index contributed by atoms with van der Waals surface area (Å²) >= 11 is 8.91. The van der Waals surface area contributed by atoms with Crippen molar-refractivity contribution in [2.24, 2.45) is 0 Å². The molecule has 0 amide bonds. The molecule has 0 saturated carbocycles. The maximum Gasteiger partial charge on any atom is 0.241 e. The highest BCUT2D eigenvalue weighted by Gasteiger charge is 2.25. The van der Waals surface area contributed by atoms with E-state index in [1.165, 1.54) is 0 Å². The summed E-state index contributed by atoms with van der Waals surface area (Å²) in [4.78, 5) is 0.253. The van der Waals surface area contributed by atoms with Gasteiger partial charge in [0.05, 0.1) is 4.90 Å². The summed E-state index contributed by atoms with van der Waals surface area (Å²) in [6.07, 6.45) is 0.574. The molecule has 0 unspecified atom stereocenters. The standard InChI is InChI=1S/C11H15BrClNO2S/c1-11(2,7-8-13)14-17(15,16)10-5-3-9(12)4-6-10/h3-6,14H,7-8H2,1-2H3. The summed E-state index contributed by atoms with van der Waals surface area (Å²) in [5.74, 6) is 0.413. The molecule has 96 valence electrons. The van der Waals surface area contributed by atoms with Gasteiger partial charge in [0.2, 0.25) is 10.0 Å². The molecule has 0 aliphatic carbocycles. The van der Waals surface area contributed by atoms with E-state index in [2.05, 4.69) is 20.7 Å². The largest absolute Gasteiger partial charge is 0.241 e. The van der Waals surface area contributed by atoms with Crippen LogP contribution in [0.1, 0.15) is 20.3 Å². The molecule has 1 aromatic rings. The highest BCUT2D eigenvalue weighted by molar-refractivity contribution is 9.10. The van der Waals surface area contributed by atoms with Crippen molar-refractivity contribution >= 4 is 37.6 Å². The van der Waals surface area contributed by atoms with E-state index in [9.17, 15) is 8.42 Å². The molecule has 0 atom stereocenters. The Balaban J connectivity index is 2.93. The average Bonchev–Trinajstić information content (AvgIpc) is 2.16. The summed E-state index contributed by atoms with van der Waals surface area (Å²) < 4.78 is 27.6. The number of benzene rings is 1. The highest BCUT2D eigenvalue weighted by atomic mass is 79.9. The summed E-state index contributed by atoms with van der Waals surface area (Å²) in [5.41, 5.74) is -0.548. The Labute approximate surface area is 116 Å². The van der Waals surface area contributed by atoms with Crippen LogP contribution in [-0.2, 0) is 10.0 Å². The van der Waals surface area contributed by atoms with Gasteiger partial charge in [0, 0.05) is 15.9 Å². The monoisotopic (exact) mass is 339 g/mol. The van der Waals surface area contributed by atoms with Crippen LogP contribution in [0.25, 0.3) is 0 Å². The molecule has 0 radical (unpaired) electrons. The molecule has 0 bridgehead atoms. The average molecular weight is 341 g/mol. The van der Waals surface area contributed by atoms with Gasteiger partial charge in [-0.15, -0.1) is 11.6 Å². The third-order valence-corrected chi connectivity index (χ3v) is 4.69. The van der Waals surface area contributed by atoms with Crippen LogP contribution in [0, 0.1) is 0 Å². The molecular weight excluding hydrogens is 326 g/mol. The van der Waals surface area contributed by atoms with Crippen LogP contribution in [-0.4, -0.2) is 19.8 Å². The fourth-order valence-corrected chi connectivity index (χ4v) is 3.50. The molecule has 6 heteroatoms. The van der Waals surface area contributed by atoms with Crippen molar-refractivity contribution < 1.29 is 8.42 Å². The molecule has 1 N–H and O–H groups in total. The van der Waals surface area contributed by atoms with Crippen LogP contribution in [0.4, 0.5) is 0 Å². The molecule has 1 aromatic carbocycles. The van der Waals surface area contributed by atoms with Gasteiger partial charge in [-0.05, 0) is 44.5 Å². The first-order chi connectivity index (χ1) is 7.77. The third-order valence-electron chi connectivity index (χ3n) is 2.25. The molecule has 0 aliphatic rings. The molecule has 0 heterocycles. The number of halogens is 2. The molecule has 3 nitrogen and oxygen atoms in total. The van der Waals surface area contributed by atoms with Crippen LogP contribution in [0.15, 0.2) is 33.6 Å². The van der Waals surface area contributed by atoms with Crippen LogP contribution in [0.2, 0.25) is 0 Å². The number of sulfonamides is 1. The first-order valence-electron chi connectivity index (χ1n) is 5.12. The summed E-state index contributed by atoms with van der Waals surface area (Å²) in [7, 11) is -3.49. The maximum atomic E-state index is 12.1. The number of rotatable bonds is 5. The quantitative estimate of drug-likeness (QED) is 0.837.